The number of nitro groups is 1. The summed E-state index contributed by atoms with van der Waals surface area (Å²) in [5, 5.41) is 14.0. The molecule has 0 amide bonds. The highest BCUT2D eigenvalue weighted by molar-refractivity contribution is 5.78. The molecule has 25 heavy (non-hydrogen) atoms. The number of aliphatic imine (C=N–C) groups is 1. The summed E-state index contributed by atoms with van der Waals surface area (Å²) < 4.78 is 5.96. The van der Waals surface area contributed by atoms with Crippen molar-refractivity contribution in [3.05, 3.63) is 80.7 Å². The summed E-state index contributed by atoms with van der Waals surface area (Å²) in [5.41, 5.74) is 4.96. The molecule has 1 aliphatic heterocycles. The molecule has 0 saturated heterocycles. The Bertz CT molecular complexity index is 855. The molecular formula is C19H19N3O3. The fraction of sp³-hybridized carbons (Fsp3) is 0.211. The second-order valence-electron chi connectivity index (χ2n) is 5.89. The number of nitro benzene ring substituents is 1. The molecule has 0 radical (unpaired) electrons. The maximum absolute atomic E-state index is 10.8. The molecule has 6 nitrogen and oxygen atoms in total. The highest BCUT2D eigenvalue weighted by Crippen LogP contribution is 2.24. The third kappa shape index (κ3) is 3.85. The quantitative estimate of drug-likeness (QED) is 0.666. The molecule has 0 spiro atoms. The van der Waals surface area contributed by atoms with Crippen LogP contribution in [0.5, 0.6) is 0 Å². The number of rotatable bonds is 5. The van der Waals surface area contributed by atoms with Crippen LogP contribution in [0.2, 0.25) is 0 Å². The summed E-state index contributed by atoms with van der Waals surface area (Å²) in [4.78, 5) is 14.8. The van der Waals surface area contributed by atoms with Crippen molar-refractivity contribution in [1.29, 1.82) is 0 Å². The van der Waals surface area contributed by atoms with Crippen LogP contribution < -0.4 is 5.32 Å². The van der Waals surface area contributed by atoms with Crippen LogP contribution >= 0.6 is 0 Å². The van der Waals surface area contributed by atoms with Gasteiger partial charge in [0, 0.05) is 23.9 Å². The standard InChI is InChI=1S/C19H19N3O3/c1-13-3-4-16(14(2)11-13)12-25-19-18(20-9-10-21-19)15-5-7-17(8-6-15)22(23)24/h3-9,11,21H,10,12H2,1-2H3. The minimum absolute atomic E-state index is 0.0508. The van der Waals surface area contributed by atoms with Crippen LogP contribution in [0.4, 0.5) is 5.69 Å². The van der Waals surface area contributed by atoms with Crippen molar-refractivity contribution in [2.75, 3.05) is 6.54 Å². The monoisotopic (exact) mass is 337 g/mol. The van der Waals surface area contributed by atoms with Crippen molar-refractivity contribution in [3.63, 3.8) is 0 Å². The summed E-state index contributed by atoms with van der Waals surface area (Å²) in [6.07, 6.45) is 1.75. The van der Waals surface area contributed by atoms with E-state index in [-0.39, 0.29) is 5.69 Å². The lowest BCUT2D eigenvalue weighted by Crippen LogP contribution is -2.23. The van der Waals surface area contributed by atoms with E-state index in [1.165, 1.54) is 23.3 Å². The van der Waals surface area contributed by atoms with Crippen LogP contribution in [0.15, 0.2) is 53.3 Å². The molecule has 1 heterocycles. The van der Waals surface area contributed by atoms with Gasteiger partial charge in [0.2, 0.25) is 5.88 Å². The molecule has 2 aromatic carbocycles. The number of aryl methyl sites for hydroxylation is 2. The van der Waals surface area contributed by atoms with Crippen LogP contribution in [0.1, 0.15) is 22.3 Å². The van der Waals surface area contributed by atoms with E-state index in [2.05, 4.69) is 42.4 Å². The van der Waals surface area contributed by atoms with Gasteiger partial charge in [0.1, 0.15) is 12.3 Å². The Hall–Kier alpha value is -3.15. The van der Waals surface area contributed by atoms with E-state index in [4.69, 9.17) is 4.74 Å². The molecule has 0 saturated carbocycles. The zero-order valence-electron chi connectivity index (χ0n) is 14.2. The van der Waals surface area contributed by atoms with Crippen molar-refractivity contribution < 1.29 is 9.66 Å². The first-order valence-corrected chi connectivity index (χ1v) is 7.99. The first-order chi connectivity index (χ1) is 12.0. The Balaban J connectivity index is 1.83. The van der Waals surface area contributed by atoms with Crippen LogP contribution in [0, 0.1) is 24.0 Å². The van der Waals surface area contributed by atoms with E-state index < -0.39 is 4.92 Å². The third-order valence-electron chi connectivity index (χ3n) is 4.01. The Morgan fingerprint density at radius 2 is 1.96 bits per heavy atom. The molecule has 0 fully saturated rings. The Morgan fingerprint density at radius 1 is 1.20 bits per heavy atom. The Labute approximate surface area is 146 Å². The smallest absolute Gasteiger partial charge is 0.269 e. The van der Waals surface area contributed by atoms with Crippen molar-refractivity contribution in [3.8, 4) is 0 Å². The van der Waals surface area contributed by atoms with Crippen LogP contribution in [0.25, 0.3) is 5.70 Å². The van der Waals surface area contributed by atoms with Crippen molar-refractivity contribution >= 4 is 17.6 Å². The molecule has 0 aliphatic carbocycles. The van der Waals surface area contributed by atoms with Crippen LogP contribution in [-0.4, -0.2) is 17.7 Å². The van der Waals surface area contributed by atoms with Crippen LogP contribution in [0.3, 0.4) is 0 Å². The van der Waals surface area contributed by atoms with Gasteiger partial charge in [0.15, 0.2) is 0 Å². The van der Waals surface area contributed by atoms with Gasteiger partial charge >= 0.3 is 0 Å². The molecule has 6 heteroatoms. The first-order valence-electron chi connectivity index (χ1n) is 7.99. The fourth-order valence-electron chi connectivity index (χ4n) is 2.64. The van der Waals surface area contributed by atoms with Crippen LogP contribution in [-0.2, 0) is 11.3 Å². The van der Waals surface area contributed by atoms with E-state index >= 15 is 0 Å². The summed E-state index contributed by atoms with van der Waals surface area (Å²) in [6, 6.07) is 12.5. The lowest BCUT2D eigenvalue weighted by molar-refractivity contribution is -0.384. The molecule has 0 aromatic heterocycles. The van der Waals surface area contributed by atoms with E-state index in [1.807, 2.05) is 0 Å². The van der Waals surface area contributed by atoms with Crippen molar-refractivity contribution in [2.45, 2.75) is 20.5 Å². The van der Waals surface area contributed by atoms with Gasteiger partial charge in [-0.15, -0.1) is 0 Å². The Kier molecular flexibility index (Phi) is 4.79. The molecule has 2 aromatic rings. The summed E-state index contributed by atoms with van der Waals surface area (Å²) in [5.74, 6) is 0.580. The number of benzene rings is 2. The molecular weight excluding hydrogens is 318 g/mol. The molecule has 0 bridgehead atoms. The van der Waals surface area contributed by atoms with E-state index in [1.54, 1.807) is 18.3 Å². The normalized spacial score (nSPS) is 13.5. The van der Waals surface area contributed by atoms with Gasteiger partial charge in [-0.25, -0.2) is 0 Å². The molecule has 0 unspecified atom stereocenters. The van der Waals surface area contributed by atoms with Gasteiger partial charge in [-0.2, -0.15) is 0 Å². The zero-order valence-corrected chi connectivity index (χ0v) is 14.2. The zero-order chi connectivity index (χ0) is 17.8. The topological polar surface area (TPSA) is 76.8 Å². The average Bonchev–Trinajstić information content (AvgIpc) is 2.61. The molecule has 0 atom stereocenters. The summed E-state index contributed by atoms with van der Waals surface area (Å²) >= 11 is 0. The summed E-state index contributed by atoms with van der Waals surface area (Å²) in [7, 11) is 0. The summed E-state index contributed by atoms with van der Waals surface area (Å²) in [6.45, 7) is 5.13. The number of hydrogen-bond donors (Lipinski definition) is 1. The minimum atomic E-state index is -0.419. The van der Waals surface area contributed by atoms with Crippen molar-refractivity contribution in [1.82, 2.24) is 5.32 Å². The maximum Gasteiger partial charge on any atom is 0.269 e. The van der Waals surface area contributed by atoms with Crippen molar-refractivity contribution in [2.24, 2.45) is 4.99 Å². The van der Waals surface area contributed by atoms with E-state index in [9.17, 15) is 10.1 Å². The van der Waals surface area contributed by atoms with E-state index in [0.29, 0.717) is 24.7 Å². The third-order valence-corrected chi connectivity index (χ3v) is 4.01. The number of nitrogens with zero attached hydrogens (tertiary/aromatic N) is 2. The number of nitrogens with one attached hydrogen (secondary N) is 1. The molecule has 3 rings (SSSR count). The van der Waals surface area contributed by atoms with E-state index in [0.717, 1.165) is 11.1 Å². The van der Waals surface area contributed by atoms with Gasteiger partial charge in [-0.05, 0) is 37.1 Å². The Morgan fingerprint density at radius 3 is 2.64 bits per heavy atom. The van der Waals surface area contributed by atoms with Gasteiger partial charge in [0.05, 0.1) is 11.5 Å². The highest BCUT2D eigenvalue weighted by atomic mass is 16.6. The molecule has 1 N–H and O–H groups in total. The second-order valence-corrected chi connectivity index (χ2v) is 5.89. The van der Waals surface area contributed by atoms with Gasteiger partial charge in [0.25, 0.3) is 5.69 Å². The average molecular weight is 337 g/mol. The molecule has 1 aliphatic rings. The molecule has 128 valence electrons. The highest BCUT2D eigenvalue weighted by Gasteiger charge is 2.15. The minimum Gasteiger partial charge on any atom is -0.473 e. The SMILES string of the molecule is Cc1ccc(COC2=C(c3ccc([N+](=O)[O-])cc3)N=CCN2)c(C)c1. The number of non-ortho nitro benzene ring substituents is 1. The largest absolute Gasteiger partial charge is 0.473 e. The van der Waals surface area contributed by atoms with Gasteiger partial charge in [-0.1, -0.05) is 23.8 Å². The van der Waals surface area contributed by atoms with Gasteiger partial charge < -0.3 is 10.1 Å². The number of ether oxygens (including phenoxy) is 1. The maximum atomic E-state index is 10.8. The predicted octanol–water partition coefficient (Wildman–Crippen LogP) is 3.73. The lowest BCUT2D eigenvalue weighted by Gasteiger charge is -2.19. The van der Waals surface area contributed by atoms with Gasteiger partial charge in [-0.3, -0.25) is 15.1 Å². The second kappa shape index (κ2) is 7.17. The first kappa shape index (κ1) is 16.7. The fourth-order valence-corrected chi connectivity index (χ4v) is 2.64. The predicted molar refractivity (Wildman–Crippen MR) is 97.2 cm³/mol. The number of hydrogen-bond acceptors (Lipinski definition) is 5. The lowest BCUT2D eigenvalue weighted by atomic mass is 10.1.